The fourth-order valence-corrected chi connectivity index (χ4v) is 2.53. The van der Waals surface area contributed by atoms with Crippen LogP contribution in [0, 0.1) is 0 Å². The van der Waals surface area contributed by atoms with Crippen molar-refractivity contribution in [2.75, 3.05) is 19.5 Å². The Morgan fingerprint density at radius 3 is 2.15 bits per heavy atom. The first-order valence-corrected chi connectivity index (χ1v) is 8.42. The molecule has 0 spiro atoms. The molecule has 0 aliphatic rings. The second kappa shape index (κ2) is 8.72. The monoisotopic (exact) mass is 346 g/mol. The Bertz CT molecular complexity index is 837. The van der Waals surface area contributed by atoms with Crippen LogP contribution < -0.4 is 14.8 Å². The fraction of sp³-hybridized carbons (Fsp3) is 0.136. The van der Waals surface area contributed by atoms with Crippen LogP contribution in [0.3, 0.4) is 0 Å². The molecule has 0 aliphatic carbocycles. The molecule has 3 aromatic rings. The first-order chi connectivity index (χ1) is 12.8. The second-order valence-electron chi connectivity index (χ2n) is 5.78. The lowest BCUT2D eigenvalue weighted by Gasteiger charge is -2.07. The van der Waals surface area contributed by atoms with Crippen molar-refractivity contribution in [2.45, 2.75) is 6.54 Å². The molecule has 0 saturated heterocycles. The second-order valence-corrected chi connectivity index (χ2v) is 5.78. The van der Waals surface area contributed by atoms with Gasteiger partial charge in [0.25, 0.3) is 0 Å². The van der Waals surface area contributed by atoms with Gasteiger partial charge in [0.1, 0.15) is 11.5 Å². The van der Waals surface area contributed by atoms with Crippen molar-refractivity contribution < 1.29 is 9.47 Å². The quantitative estimate of drug-likeness (QED) is 0.619. The van der Waals surface area contributed by atoms with E-state index in [1.165, 1.54) is 0 Å². The number of hydrogen-bond donors (Lipinski definition) is 1. The van der Waals surface area contributed by atoms with Crippen molar-refractivity contribution in [3.8, 4) is 11.5 Å². The van der Waals surface area contributed by atoms with Crippen molar-refractivity contribution >= 4 is 17.8 Å². The van der Waals surface area contributed by atoms with Gasteiger partial charge in [-0.05, 0) is 47.5 Å². The Kier molecular flexibility index (Phi) is 5.88. The predicted octanol–water partition coefficient (Wildman–Crippen LogP) is 4.88. The van der Waals surface area contributed by atoms with E-state index < -0.39 is 0 Å². The first-order valence-electron chi connectivity index (χ1n) is 8.42. The predicted molar refractivity (Wildman–Crippen MR) is 106 cm³/mol. The SMILES string of the molecule is COc1cc(/C=C/c2ccc(NCc3ccccn3)cc2)cc(OC)c1. The minimum atomic E-state index is 0.708. The van der Waals surface area contributed by atoms with Crippen LogP contribution in [0.4, 0.5) is 5.69 Å². The molecule has 1 N–H and O–H groups in total. The zero-order valence-corrected chi connectivity index (χ0v) is 15.0. The van der Waals surface area contributed by atoms with Gasteiger partial charge in [0.05, 0.1) is 26.5 Å². The summed E-state index contributed by atoms with van der Waals surface area (Å²) in [5.41, 5.74) is 4.23. The van der Waals surface area contributed by atoms with E-state index in [0.717, 1.165) is 34.0 Å². The number of aromatic nitrogens is 1. The van der Waals surface area contributed by atoms with Crippen LogP contribution in [0.1, 0.15) is 16.8 Å². The molecule has 3 rings (SSSR count). The van der Waals surface area contributed by atoms with Gasteiger partial charge in [-0.15, -0.1) is 0 Å². The van der Waals surface area contributed by atoms with Gasteiger partial charge in [-0.3, -0.25) is 4.98 Å². The highest BCUT2D eigenvalue weighted by atomic mass is 16.5. The summed E-state index contributed by atoms with van der Waals surface area (Å²) < 4.78 is 10.6. The lowest BCUT2D eigenvalue weighted by Crippen LogP contribution is -2.00. The number of ether oxygens (including phenoxy) is 2. The van der Waals surface area contributed by atoms with Crippen LogP contribution in [0.15, 0.2) is 66.9 Å². The highest BCUT2D eigenvalue weighted by Crippen LogP contribution is 2.24. The van der Waals surface area contributed by atoms with E-state index in [2.05, 4.69) is 40.6 Å². The van der Waals surface area contributed by atoms with Crippen molar-refractivity contribution in [1.82, 2.24) is 4.98 Å². The summed E-state index contributed by atoms with van der Waals surface area (Å²) in [4.78, 5) is 4.31. The molecular weight excluding hydrogens is 324 g/mol. The van der Waals surface area contributed by atoms with Crippen LogP contribution in [0.2, 0.25) is 0 Å². The number of benzene rings is 2. The number of rotatable bonds is 7. The Hall–Kier alpha value is -3.27. The largest absolute Gasteiger partial charge is 0.497 e. The summed E-state index contributed by atoms with van der Waals surface area (Å²) in [6, 6.07) is 20.0. The third-order valence-electron chi connectivity index (χ3n) is 3.95. The molecule has 0 amide bonds. The molecule has 0 fully saturated rings. The van der Waals surface area contributed by atoms with Gasteiger partial charge in [-0.1, -0.05) is 30.4 Å². The average Bonchev–Trinajstić information content (AvgIpc) is 2.72. The summed E-state index contributed by atoms with van der Waals surface area (Å²) in [6.07, 6.45) is 5.91. The molecule has 1 aromatic heterocycles. The molecule has 0 radical (unpaired) electrons. The van der Waals surface area contributed by atoms with Gasteiger partial charge >= 0.3 is 0 Å². The first kappa shape index (κ1) is 17.5. The van der Waals surface area contributed by atoms with Gasteiger partial charge in [0.15, 0.2) is 0 Å². The minimum absolute atomic E-state index is 0.708. The number of methoxy groups -OCH3 is 2. The topological polar surface area (TPSA) is 43.4 Å². The van der Waals surface area contributed by atoms with Crippen LogP contribution in [-0.4, -0.2) is 19.2 Å². The van der Waals surface area contributed by atoms with Crippen molar-refractivity contribution in [2.24, 2.45) is 0 Å². The molecule has 26 heavy (non-hydrogen) atoms. The Balaban J connectivity index is 1.64. The zero-order chi connectivity index (χ0) is 18.2. The maximum Gasteiger partial charge on any atom is 0.123 e. The minimum Gasteiger partial charge on any atom is -0.497 e. The van der Waals surface area contributed by atoms with Gasteiger partial charge in [-0.2, -0.15) is 0 Å². The average molecular weight is 346 g/mol. The Morgan fingerprint density at radius 2 is 1.54 bits per heavy atom. The molecule has 4 heteroatoms. The molecule has 0 atom stereocenters. The maximum absolute atomic E-state index is 5.30. The lowest BCUT2D eigenvalue weighted by molar-refractivity contribution is 0.394. The lowest BCUT2D eigenvalue weighted by atomic mass is 10.1. The summed E-state index contributed by atoms with van der Waals surface area (Å²) in [5.74, 6) is 1.55. The summed E-state index contributed by atoms with van der Waals surface area (Å²) in [7, 11) is 3.30. The van der Waals surface area contributed by atoms with Crippen LogP contribution in [0.5, 0.6) is 11.5 Å². The molecular formula is C22H22N2O2. The highest BCUT2D eigenvalue weighted by molar-refractivity contribution is 5.71. The van der Waals surface area contributed by atoms with E-state index in [4.69, 9.17) is 9.47 Å². The maximum atomic E-state index is 5.30. The van der Waals surface area contributed by atoms with Gasteiger partial charge < -0.3 is 14.8 Å². The Morgan fingerprint density at radius 1 is 0.846 bits per heavy atom. The number of pyridine rings is 1. The smallest absolute Gasteiger partial charge is 0.123 e. The number of hydrogen-bond acceptors (Lipinski definition) is 4. The fourth-order valence-electron chi connectivity index (χ4n) is 2.53. The third-order valence-corrected chi connectivity index (χ3v) is 3.95. The van der Waals surface area contributed by atoms with Gasteiger partial charge in [-0.25, -0.2) is 0 Å². The number of nitrogens with zero attached hydrogens (tertiary/aromatic N) is 1. The van der Waals surface area contributed by atoms with Crippen molar-refractivity contribution in [1.29, 1.82) is 0 Å². The molecule has 0 aliphatic heterocycles. The highest BCUT2D eigenvalue weighted by Gasteiger charge is 2.00. The van der Waals surface area contributed by atoms with Gasteiger partial charge in [0.2, 0.25) is 0 Å². The molecule has 132 valence electrons. The zero-order valence-electron chi connectivity index (χ0n) is 15.0. The molecule has 4 nitrogen and oxygen atoms in total. The molecule has 2 aromatic carbocycles. The van der Waals surface area contributed by atoms with Crippen molar-refractivity contribution in [3.63, 3.8) is 0 Å². The summed E-state index contributed by atoms with van der Waals surface area (Å²) >= 11 is 0. The summed E-state index contributed by atoms with van der Waals surface area (Å²) in [6.45, 7) is 0.708. The van der Waals surface area contributed by atoms with Crippen LogP contribution >= 0.6 is 0 Å². The standard InChI is InChI=1S/C22H22N2O2/c1-25-21-13-18(14-22(15-21)26-2)7-6-17-8-10-19(11-9-17)24-16-20-5-3-4-12-23-20/h3-15,24H,16H2,1-2H3/b7-6+. The summed E-state index contributed by atoms with van der Waals surface area (Å²) in [5, 5.41) is 3.37. The molecule has 0 bridgehead atoms. The molecule has 0 unspecified atom stereocenters. The van der Waals surface area contributed by atoms with E-state index in [9.17, 15) is 0 Å². The normalized spacial score (nSPS) is 10.7. The van der Waals surface area contributed by atoms with E-state index in [1.807, 2.05) is 42.5 Å². The Labute approximate surface area is 154 Å². The van der Waals surface area contributed by atoms with Crippen LogP contribution in [-0.2, 0) is 6.54 Å². The van der Waals surface area contributed by atoms with E-state index in [0.29, 0.717) is 6.54 Å². The van der Waals surface area contributed by atoms with Gasteiger partial charge in [0, 0.05) is 18.0 Å². The number of nitrogens with one attached hydrogen (secondary N) is 1. The number of anilines is 1. The van der Waals surface area contributed by atoms with E-state index in [-0.39, 0.29) is 0 Å². The van der Waals surface area contributed by atoms with Crippen LogP contribution in [0.25, 0.3) is 12.2 Å². The van der Waals surface area contributed by atoms with Crippen molar-refractivity contribution in [3.05, 3.63) is 83.7 Å². The van der Waals surface area contributed by atoms with E-state index >= 15 is 0 Å². The van der Waals surface area contributed by atoms with E-state index in [1.54, 1.807) is 20.4 Å². The third kappa shape index (κ3) is 4.86. The molecule has 0 saturated carbocycles. The molecule has 1 heterocycles.